The van der Waals surface area contributed by atoms with Gasteiger partial charge in [-0.1, -0.05) is 6.42 Å². The van der Waals surface area contributed by atoms with Gasteiger partial charge in [0, 0.05) is 18.5 Å². The molecule has 0 atom stereocenters. The molecule has 0 unspecified atom stereocenters. The van der Waals surface area contributed by atoms with Crippen molar-refractivity contribution >= 4 is 5.91 Å². The van der Waals surface area contributed by atoms with E-state index in [0.29, 0.717) is 6.54 Å². The van der Waals surface area contributed by atoms with Gasteiger partial charge >= 0.3 is 0 Å². The van der Waals surface area contributed by atoms with Crippen LogP contribution in [0.3, 0.4) is 0 Å². The van der Waals surface area contributed by atoms with Crippen LogP contribution in [0.5, 0.6) is 0 Å². The van der Waals surface area contributed by atoms with Crippen molar-refractivity contribution in [2.45, 2.75) is 19.3 Å². The minimum Gasteiger partial charge on any atom is -0.351 e. The third kappa shape index (κ3) is 3.10. The first-order valence-electron chi connectivity index (χ1n) is 6.44. The first-order valence-corrected chi connectivity index (χ1v) is 6.44. The molecule has 1 fully saturated rings. The Kier molecular flexibility index (Phi) is 4.14. The maximum atomic E-state index is 13.4. The second kappa shape index (κ2) is 5.65. The molecular weight excluding hydrogens is 250 g/mol. The monoisotopic (exact) mass is 268 g/mol. The number of carbonyl (C=O) groups is 1. The van der Waals surface area contributed by atoms with E-state index in [2.05, 4.69) is 10.6 Å². The Bertz CT molecular complexity index is 473. The molecule has 19 heavy (non-hydrogen) atoms. The summed E-state index contributed by atoms with van der Waals surface area (Å²) in [6, 6.07) is 2.90. The summed E-state index contributed by atoms with van der Waals surface area (Å²) in [6.45, 7) is 1.31. The summed E-state index contributed by atoms with van der Waals surface area (Å²) in [4.78, 5) is 11.9. The average Bonchev–Trinajstić information content (AvgIpc) is 2.35. The van der Waals surface area contributed by atoms with Crippen molar-refractivity contribution in [2.24, 2.45) is 5.41 Å². The smallest absolute Gasteiger partial charge is 0.254 e. The zero-order valence-corrected chi connectivity index (χ0v) is 10.9. The Hall–Kier alpha value is -1.49. The molecule has 0 spiro atoms. The number of halogens is 2. The molecule has 1 aromatic rings. The van der Waals surface area contributed by atoms with Gasteiger partial charge in [-0.2, -0.15) is 0 Å². The molecule has 0 aliphatic heterocycles. The quantitative estimate of drug-likeness (QED) is 0.858. The lowest BCUT2D eigenvalue weighted by molar-refractivity contribution is 0.0858. The van der Waals surface area contributed by atoms with E-state index in [1.807, 2.05) is 7.05 Å². The zero-order valence-electron chi connectivity index (χ0n) is 10.9. The Morgan fingerprint density at radius 2 is 2.05 bits per heavy atom. The molecule has 1 amide bonds. The van der Waals surface area contributed by atoms with Crippen molar-refractivity contribution in [2.75, 3.05) is 20.1 Å². The fourth-order valence-corrected chi connectivity index (χ4v) is 2.50. The highest BCUT2D eigenvalue weighted by Gasteiger charge is 2.36. The number of nitrogens with one attached hydrogen (secondary N) is 2. The van der Waals surface area contributed by atoms with E-state index in [9.17, 15) is 13.6 Å². The molecule has 0 bridgehead atoms. The minimum atomic E-state index is -0.699. The van der Waals surface area contributed by atoms with Crippen molar-refractivity contribution in [3.8, 4) is 0 Å². The molecule has 1 aromatic carbocycles. The maximum absolute atomic E-state index is 13.4. The van der Waals surface area contributed by atoms with Gasteiger partial charge in [-0.3, -0.25) is 4.79 Å². The van der Waals surface area contributed by atoms with Crippen LogP contribution in [0.15, 0.2) is 18.2 Å². The summed E-state index contributed by atoms with van der Waals surface area (Å²) >= 11 is 0. The van der Waals surface area contributed by atoms with Gasteiger partial charge in [0.1, 0.15) is 11.6 Å². The highest BCUT2D eigenvalue weighted by molar-refractivity contribution is 5.94. The first kappa shape index (κ1) is 13.9. The zero-order chi connectivity index (χ0) is 13.9. The van der Waals surface area contributed by atoms with Crippen LogP contribution in [0.25, 0.3) is 0 Å². The number of rotatable bonds is 5. The van der Waals surface area contributed by atoms with Gasteiger partial charge < -0.3 is 10.6 Å². The van der Waals surface area contributed by atoms with Crippen LogP contribution in [-0.4, -0.2) is 26.0 Å². The van der Waals surface area contributed by atoms with E-state index < -0.39 is 17.5 Å². The van der Waals surface area contributed by atoms with Gasteiger partial charge in [-0.25, -0.2) is 8.78 Å². The van der Waals surface area contributed by atoms with Crippen LogP contribution in [0.2, 0.25) is 0 Å². The largest absolute Gasteiger partial charge is 0.351 e. The lowest BCUT2D eigenvalue weighted by atomic mass is 9.68. The van der Waals surface area contributed by atoms with Crippen LogP contribution >= 0.6 is 0 Å². The Labute approximate surface area is 111 Å². The van der Waals surface area contributed by atoms with Crippen LogP contribution in [0, 0.1) is 17.0 Å². The van der Waals surface area contributed by atoms with Gasteiger partial charge in [-0.15, -0.1) is 0 Å². The lowest BCUT2D eigenvalue weighted by Gasteiger charge is -2.42. The summed E-state index contributed by atoms with van der Waals surface area (Å²) in [6.07, 6.45) is 3.23. The molecule has 1 aliphatic rings. The van der Waals surface area contributed by atoms with Gasteiger partial charge in [-0.05, 0) is 38.1 Å². The van der Waals surface area contributed by atoms with Crippen molar-refractivity contribution in [1.29, 1.82) is 0 Å². The number of benzene rings is 1. The van der Waals surface area contributed by atoms with Crippen LogP contribution in [0.4, 0.5) is 8.78 Å². The second-order valence-corrected chi connectivity index (χ2v) is 5.19. The van der Waals surface area contributed by atoms with Crippen molar-refractivity contribution < 1.29 is 13.6 Å². The van der Waals surface area contributed by atoms with E-state index in [1.165, 1.54) is 0 Å². The molecule has 2 N–H and O–H groups in total. The van der Waals surface area contributed by atoms with Gasteiger partial charge in [0.15, 0.2) is 0 Å². The molecular formula is C14H18F2N2O. The predicted octanol–water partition coefficient (Wildman–Crippen LogP) is 2.08. The summed E-state index contributed by atoms with van der Waals surface area (Å²) in [5.41, 5.74) is -0.173. The molecule has 104 valence electrons. The van der Waals surface area contributed by atoms with E-state index >= 15 is 0 Å². The Balaban J connectivity index is 1.99. The summed E-state index contributed by atoms with van der Waals surface area (Å²) < 4.78 is 26.5. The molecule has 0 heterocycles. The fraction of sp³-hybridized carbons (Fsp3) is 0.500. The summed E-state index contributed by atoms with van der Waals surface area (Å²) in [5, 5.41) is 5.82. The van der Waals surface area contributed by atoms with Crippen LogP contribution < -0.4 is 10.6 Å². The van der Waals surface area contributed by atoms with E-state index in [-0.39, 0.29) is 11.0 Å². The maximum Gasteiger partial charge on any atom is 0.254 e. The molecule has 0 aromatic heterocycles. The van der Waals surface area contributed by atoms with Crippen molar-refractivity contribution in [3.63, 3.8) is 0 Å². The number of carbonyl (C=O) groups excluding carboxylic acids is 1. The molecule has 5 heteroatoms. The highest BCUT2D eigenvalue weighted by atomic mass is 19.1. The van der Waals surface area contributed by atoms with Crippen LogP contribution in [-0.2, 0) is 0 Å². The van der Waals surface area contributed by atoms with E-state index in [1.54, 1.807) is 0 Å². The molecule has 1 saturated carbocycles. The topological polar surface area (TPSA) is 41.1 Å². The highest BCUT2D eigenvalue weighted by Crippen LogP contribution is 2.39. The third-order valence-electron chi connectivity index (χ3n) is 3.76. The summed E-state index contributed by atoms with van der Waals surface area (Å²) in [5.74, 6) is -1.87. The predicted molar refractivity (Wildman–Crippen MR) is 68.9 cm³/mol. The third-order valence-corrected chi connectivity index (χ3v) is 3.76. The molecule has 0 radical (unpaired) electrons. The standard InChI is InChI=1S/C14H18F2N2O/c1-17-8-14(5-2-6-14)9-18-13(19)11-7-10(15)3-4-12(11)16/h3-4,7,17H,2,5-6,8-9H2,1H3,(H,18,19). The summed E-state index contributed by atoms with van der Waals surface area (Å²) in [7, 11) is 1.87. The molecule has 3 nitrogen and oxygen atoms in total. The molecule has 2 rings (SSSR count). The van der Waals surface area contributed by atoms with Crippen LogP contribution in [0.1, 0.15) is 29.6 Å². The second-order valence-electron chi connectivity index (χ2n) is 5.19. The number of amides is 1. The van der Waals surface area contributed by atoms with E-state index in [4.69, 9.17) is 0 Å². The van der Waals surface area contributed by atoms with Gasteiger partial charge in [0.2, 0.25) is 0 Å². The van der Waals surface area contributed by atoms with E-state index in [0.717, 1.165) is 44.0 Å². The minimum absolute atomic E-state index is 0.0637. The van der Waals surface area contributed by atoms with Gasteiger partial charge in [0.25, 0.3) is 5.91 Å². The SMILES string of the molecule is CNCC1(CNC(=O)c2cc(F)ccc2F)CCC1. The van der Waals surface area contributed by atoms with Crippen molar-refractivity contribution in [1.82, 2.24) is 10.6 Å². The van der Waals surface area contributed by atoms with Crippen molar-refractivity contribution in [3.05, 3.63) is 35.4 Å². The number of hydrogen-bond donors (Lipinski definition) is 2. The molecule has 0 saturated heterocycles. The molecule has 1 aliphatic carbocycles. The van der Waals surface area contributed by atoms with Gasteiger partial charge in [0.05, 0.1) is 5.56 Å². The lowest BCUT2D eigenvalue weighted by Crippen LogP contribution is -2.47. The number of hydrogen-bond acceptors (Lipinski definition) is 2. The first-order chi connectivity index (χ1) is 9.06. The Morgan fingerprint density at radius 3 is 2.63 bits per heavy atom. The Morgan fingerprint density at radius 1 is 1.32 bits per heavy atom. The normalized spacial score (nSPS) is 16.8. The average molecular weight is 268 g/mol. The fourth-order valence-electron chi connectivity index (χ4n) is 2.50.